The quantitative estimate of drug-likeness (QED) is 0.771. The molecule has 5 nitrogen and oxygen atoms in total. The number of carbonyl (C=O) groups excluding carboxylic acids is 1. The molecule has 2 N–H and O–H groups in total. The van der Waals surface area contributed by atoms with Crippen LogP contribution in [0, 0.1) is 0 Å². The minimum atomic E-state index is -0.124. The van der Waals surface area contributed by atoms with Crippen molar-refractivity contribution in [2.24, 2.45) is 0 Å². The molecule has 0 saturated heterocycles. The maximum atomic E-state index is 12.0. The Hall–Kier alpha value is -1.85. The van der Waals surface area contributed by atoms with Crippen molar-refractivity contribution in [1.82, 2.24) is 20.4 Å². The van der Waals surface area contributed by atoms with Gasteiger partial charge in [-0.25, -0.2) is 4.68 Å². The van der Waals surface area contributed by atoms with E-state index in [4.69, 9.17) is 11.6 Å². The van der Waals surface area contributed by atoms with Crippen LogP contribution in [0.25, 0.3) is 5.69 Å². The molecule has 0 saturated carbocycles. The molecule has 0 unspecified atom stereocenters. The second kappa shape index (κ2) is 7.81. The number of carbonyl (C=O) groups is 1. The average molecular weight is 307 g/mol. The molecule has 0 radical (unpaired) electrons. The summed E-state index contributed by atoms with van der Waals surface area (Å²) in [5.74, 6) is -0.124. The molecule has 2 rings (SSSR count). The summed E-state index contributed by atoms with van der Waals surface area (Å²) in [4.78, 5) is 12.0. The molecule has 112 valence electrons. The van der Waals surface area contributed by atoms with Gasteiger partial charge in [-0.05, 0) is 31.2 Å². The molecule has 0 spiro atoms. The number of amides is 1. The van der Waals surface area contributed by atoms with Gasteiger partial charge in [0.15, 0.2) is 0 Å². The topological polar surface area (TPSA) is 58.9 Å². The molecule has 0 aliphatic carbocycles. The van der Waals surface area contributed by atoms with Crippen molar-refractivity contribution in [2.75, 3.05) is 19.6 Å². The van der Waals surface area contributed by atoms with E-state index in [1.165, 1.54) is 0 Å². The third kappa shape index (κ3) is 4.58. The minimum Gasteiger partial charge on any atom is -0.351 e. The number of rotatable bonds is 7. The van der Waals surface area contributed by atoms with Gasteiger partial charge in [-0.1, -0.05) is 24.6 Å². The second-order valence-corrected chi connectivity index (χ2v) is 5.10. The summed E-state index contributed by atoms with van der Waals surface area (Å²) in [6.07, 6.45) is 4.33. The van der Waals surface area contributed by atoms with Gasteiger partial charge >= 0.3 is 0 Å². The number of aromatic nitrogens is 2. The van der Waals surface area contributed by atoms with Crippen molar-refractivity contribution in [3.8, 4) is 5.69 Å². The van der Waals surface area contributed by atoms with Gasteiger partial charge in [0.05, 0.1) is 17.4 Å². The third-order valence-corrected chi connectivity index (χ3v) is 3.17. The summed E-state index contributed by atoms with van der Waals surface area (Å²) < 4.78 is 1.64. The van der Waals surface area contributed by atoms with Crippen LogP contribution in [0.5, 0.6) is 0 Å². The zero-order valence-electron chi connectivity index (χ0n) is 12.0. The van der Waals surface area contributed by atoms with Crippen LogP contribution in [0.4, 0.5) is 0 Å². The molecule has 2 aromatic rings. The Labute approximate surface area is 129 Å². The van der Waals surface area contributed by atoms with Crippen molar-refractivity contribution in [1.29, 1.82) is 0 Å². The van der Waals surface area contributed by atoms with Gasteiger partial charge in [0.25, 0.3) is 5.91 Å². The molecule has 0 aliphatic rings. The van der Waals surface area contributed by atoms with E-state index < -0.39 is 0 Å². The highest BCUT2D eigenvalue weighted by atomic mass is 35.5. The zero-order valence-corrected chi connectivity index (χ0v) is 12.7. The van der Waals surface area contributed by atoms with Crippen molar-refractivity contribution in [2.45, 2.75) is 13.3 Å². The fourth-order valence-corrected chi connectivity index (χ4v) is 2.05. The first-order valence-electron chi connectivity index (χ1n) is 7.00. The van der Waals surface area contributed by atoms with Crippen LogP contribution in [0.3, 0.4) is 0 Å². The van der Waals surface area contributed by atoms with E-state index >= 15 is 0 Å². The van der Waals surface area contributed by atoms with Crippen LogP contribution < -0.4 is 10.6 Å². The number of hydrogen-bond acceptors (Lipinski definition) is 3. The van der Waals surface area contributed by atoms with E-state index in [1.807, 2.05) is 12.1 Å². The molecule has 1 aromatic heterocycles. The minimum absolute atomic E-state index is 0.124. The monoisotopic (exact) mass is 306 g/mol. The number of halogens is 1. The SMILES string of the molecule is CCCNCCNC(=O)c1cnn(-c2cccc(Cl)c2)c1. The first-order chi connectivity index (χ1) is 10.2. The summed E-state index contributed by atoms with van der Waals surface area (Å²) in [7, 11) is 0. The van der Waals surface area contributed by atoms with Crippen LogP contribution in [0.2, 0.25) is 5.02 Å². The van der Waals surface area contributed by atoms with E-state index in [2.05, 4.69) is 22.7 Å². The summed E-state index contributed by atoms with van der Waals surface area (Å²) in [5, 5.41) is 10.9. The Morgan fingerprint density at radius 2 is 2.19 bits per heavy atom. The number of benzene rings is 1. The molecular formula is C15H19ClN4O. The highest BCUT2D eigenvalue weighted by Gasteiger charge is 2.08. The maximum absolute atomic E-state index is 12.0. The van der Waals surface area contributed by atoms with Gasteiger partial charge in [0, 0.05) is 24.3 Å². The fraction of sp³-hybridized carbons (Fsp3) is 0.333. The first-order valence-corrected chi connectivity index (χ1v) is 7.38. The third-order valence-electron chi connectivity index (χ3n) is 2.93. The van der Waals surface area contributed by atoms with Crippen LogP contribution in [0.1, 0.15) is 23.7 Å². The molecule has 1 heterocycles. The van der Waals surface area contributed by atoms with Crippen molar-refractivity contribution >= 4 is 17.5 Å². The van der Waals surface area contributed by atoms with E-state index in [1.54, 1.807) is 29.2 Å². The molecule has 0 fully saturated rings. The van der Waals surface area contributed by atoms with Gasteiger partial charge in [-0.15, -0.1) is 0 Å². The van der Waals surface area contributed by atoms with Gasteiger partial charge in [-0.2, -0.15) is 5.10 Å². The molecule has 1 aromatic carbocycles. The lowest BCUT2D eigenvalue weighted by Crippen LogP contribution is -2.31. The Bertz CT molecular complexity index is 597. The van der Waals surface area contributed by atoms with Crippen LogP contribution in [0.15, 0.2) is 36.7 Å². The van der Waals surface area contributed by atoms with Gasteiger partial charge in [0.1, 0.15) is 0 Å². The molecule has 0 aliphatic heterocycles. The standard InChI is InChI=1S/C15H19ClN4O/c1-2-6-17-7-8-18-15(21)12-10-19-20(11-12)14-5-3-4-13(16)9-14/h3-5,9-11,17H,2,6-8H2,1H3,(H,18,21). The summed E-state index contributed by atoms with van der Waals surface area (Å²) in [6.45, 7) is 4.43. The Kier molecular flexibility index (Phi) is 5.78. The van der Waals surface area contributed by atoms with Gasteiger partial charge in [0.2, 0.25) is 0 Å². The number of nitrogens with one attached hydrogen (secondary N) is 2. The van der Waals surface area contributed by atoms with Gasteiger partial charge < -0.3 is 10.6 Å². The first kappa shape index (κ1) is 15.5. The Balaban J connectivity index is 1.92. The average Bonchev–Trinajstić information content (AvgIpc) is 2.97. The summed E-state index contributed by atoms with van der Waals surface area (Å²) in [5.41, 5.74) is 1.36. The molecular weight excluding hydrogens is 288 g/mol. The highest BCUT2D eigenvalue weighted by molar-refractivity contribution is 6.30. The second-order valence-electron chi connectivity index (χ2n) is 4.66. The molecule has 21 heavy (non-hydrogen) atoms. The highest BCUT2D eigenvalue weighted by Crippen LogP contribution is 2.14. The lowest BCUT2D eigenvalue weighted by Gasteiger charge is -2.04. The molecule has 1 amide bonds. The maximum Gasteiger partial charge on any atom is 0.254 e. The lowest BCUT2D eigenvalue weighted by molar-refractivity contribution is 0.0954. The van der Waals surface area contributed by atoms with Crippen LogP contribution in [-0.4, -0.2) is 35.3 Å². The van der Waals surface area contributed by atoms with E-state index in [-0.39, 0.29) is 5.91 Å². The number of hydrogen-bond donors (Lipinski definition) is 2. The largest absolute Gasteiger partial charge is 0.351 e. The van der Waals surface area contributed by atoms with Crippen LogP contribution in [-0.2, 0) is 0 Å². The predicted molar refractivity (Wildman–Crippen MR) is 84.1 cm³/mol. The summed E-state index contributed by atoms with van der Waals surface area (Å²) >= 11 is 5.95. The smallest absolute Gasteiger partial charge is 0.254 e. The normalized spacial score (nSPS) is 10.6. The summed E-state index contributed by atoms with van der Waals surface area (Å²) in [6, 6.07) is 7.32. The van der Waals surface area contributed by atoms with Crippen molar-refractivity contribution in [3.63, 3.8) is 0 Å². The zero-order chi connectivity index (χ0) is 15.1. The fourth-order valence-electron chi connectivity index (χ4n) is 1.87. The molecule has 6 heteroatoms. The van der Waals surface area contributed by atoms with E-state index in [9.17, 15) is 4.79 Å². The Morgan fingerprint density at radius 1 is 1.33 bits per heavy atom. The van der Waals surface area contributed by atoms with Gasteiger partial charge in [-0.3, -0.25) is 4.79 Å². The molecule has 0 atom stereocenters. The van der Waals surface area contributed by atoms with Crippen molar-refractivity contribution < 1.29 is 4.79 Å². The predicted octanol–water partition coefficient (Wildman–Crippen LogP) is 2.26. The van der Waals surface area contributed by atoms with E-state index in [0.717, 1.165) is 25.2 Å². The lowest BCUT2D eigenvalue weighted by atomic mass is 10.3. The van der Waals surface area contributed by atoms with E-state index in [0.29, 0.717) is 17.1 Å². The Morgan fingerprint density at radius 3 is 2.95 bits per heavy atom. The van der Waals surface area contributed by atoms with Crippen molar-refractivity contribution in [3.05, 3.63) is 47.2 Å². The molecule has 0 bridgehead atoms. The van der Waals surface area contributed by atoms with Crippen LogP contribution >= 0.6 is 11.6 Å². The number of nitrogens with zero attached hydrogens (tertiary/aromatic N) is 2.